The van der Waals surface area contributed by atoms with Gasteiger partial charge in [0.2, 0.25) is 5.95 Å². The van der Waals surface area contributed by atoms with E-state index >= 15 is 0 Å². The predicted octanol–water partition coefficient (Wildman–Crippen LogP) is 3.76. The molecular weight excluding hydrogens is 398 g/mol. The van der Waals surface area contributed by atoms with Crippen molar-refractivity contribution in [3.8, 4) is 0 Å². The molecule has 0 unspecified atom stereocenters. The molecule has 0 spiro atoms. The maximum atomic E-state index is 6.31. The van der Waals surface area contributed by atoms with E-state index in [9.17, 15) is 0 Å². The molecule has 6 nitrogen and oxygen atoms in total. The first-order chi connectivity index (χ1) is 14.6. The standard InChI is InChI=1S/C23H26ClN5O/c1-28(2)23-25-13-17(14-26-23)15-29-10-11-30-22(16-29)21-9-5-7-19(27-21)12-18-6-3-4-8-20(18)24/h3-9,13-14,22H,10-12,15-16H2,1-2H3/t22-/m0/s1. The van der Waals surface area contributed by atoms with Gasteiger partial charge >= 0.3 is 0 Å². The van der Waals surface area contributed by atoms with Gasteiger partial charge in [-0.15, -0.1) is 0 Å². The number of pyridine rings is 1. The summed E-state index contributed by atoms with van der Waals surface area (Å²) in [7, 11) is 3.88. The predicted molar refractivity (Wildman–Crippen MR) is 119 cm³/mol. The number of anilines is 1. The molecule has 1 aliphatic heterocycles. The molecule has 3 heterocycles. The second-order valence-corrected chi connectivity index (χ2v) is 8.11. The van der Waals surface area contributed by atoms with Crippen LogP contribution in [0.4, 0.5) is 5.95 Å². The normalized spacial score (nSPS) is 17.1. The SMILES string of the molecule is CN(C)c1ncc(CN2CCO[C@H](c3cccc(Cc4ccccc4Cl)n3)C2)cn1. The molecule has 1 saturated heterocycles. The third-order valence-electron chi connectivity index (χ3n) is 5.14. The van der Waals surface area contributed by atoms with E-state index in [0.717, 1.165) is 53.1 Å². The van der Waals surface area contributed by atoms with Crippen LogP contribution in [0.2, 0.25) is 5.02 Å². The zero-order valence-electron chi connectivity index (χ0n) is 17.3. The maximum Gasteiger partial charge on any atom is 0.224 e. The van der Waals surface area contributed by atoms with E-state index in [0.29, 0.717) is 13.0 Å². The average Bonchev–Trinajstić information content (AvgIpc) is 2.76. The fraction of sp³-hybridized carbons (Fsp3) is 0.348. The molecular formula is C23H26ClN5O. The number of nitrogens with zero attached hydrogens (tertiary/aromatic N) is 5. The summed E-state index contributed by atoms with van der Waals surface area (Å²) >= 11 is 6.31. The molecule has 1 fully saturated rings. The lowest BCUT2D eigenvalue weighted by molar-refractivity contribution is -0.0351. The molecule has 1 aromatic carbocycles. The van der Waals surface area contributed by atoms with Gasteiger partial charge in [0.15, 0.2) is 0 Å². The van der Waals surface area contributed by atoms with Crippen molar-refractivity contribution in [1.82, 2.24) is 19.9 Å². The van der Waals surface area contributed by atoms with Crippen molar-refractivity contribution in [3.63, 3.8) is 0 Å². The highest BCUT2D eigenvalue weighted by atomic mass is 35.5. The highest BCUT2D eigenvalue weighted by Gasteiger charge is 2.23. The Morgan fingerprint density at radius 2 is 1.90 bits per heavy atom. The first-order valence-corrected chi connectivity index (χ1v) is 10.5. The van der Waals surface area contributed by atoms with Crippen LogP contribution in [0.25, 0.3) is 0 Å². The lowest BCUT2D eigenvalue weighted by Gasteiger charge is -2.32. The van der Waals surface area contributed by atoms with Crippen molar-refractivity contribution in [2.45, 2.75) is 19.1 Å². The molecule has 30 heavy (non-hydrogen) atoms. The van der Waals surface area contributed by atoms with Crippen molar-refractivity contribution in [3.05, 3.63) is 82.4 Å². The van der Waals surface area contributed by atoms with Gasteiger partial charge in [0.25, 0.3) is 0 Å². The number of aromatic nitrogens is 3. The van der Waals surface area contributed by atoms with Gasteiger partial charge in [0, 0.05) is 68.8 Å². The third-order valence-corrected chi connectivity index (χ3v) is 5.50. The maximum absolute atomic E-state index is 6.31. The summed E-state index contributed by atoms with van der Waals surface area (Å²) in [4.78, 5) is 18.0. The van der Waals surface area contributed by atoms with Gasteiger partial charge in [-0.2, -0.15) is 0 Å². The Labute approximate surface area is 182 Å². The molecule has 7 heteroatoms. The second kappa shape index (κ2) is 9.51. The topological polar surface area (TPSA) is 54.4 Å². The minimum atomic E-state index is -0.0492. The Kier molecular flexibility index (Phi) is 6.57. The van der Waals surface area contributed by atoms with E-state index in [1.807, 2.05) is 73.9 Å². The van der Waals surface area contributed by atoms with Gasteiger partial charge in [-0.3, -0.25) is 9.88 Å². The lowest BCUT2D eigenvalue weighted by atomic mass is 10.1. The molecule has 2 aromatic heterocycles. The fourth-order valence-corrected chi connectivity index (χ4v) is 3.76. The second-order valence-electron chi connectivity index (χ2n) is 7.70. The number of halogens is 1. The van der Waals surface area contributed by atoms with E-state index in [2.05, 4.69) is 14.9 Å². The quantitative estimate of drug-likeness (QED) is 0.601. The van der Waals surface area contributed by atoms with Gasteiger partial charge in [0.05, 0.1) is 12.3 Å². The van der Waals surface area contributed by atoms with Crippen molar-refractivity contribution in [2.24, 2.45) is 0 Å². The van der Waals surface area contributed by atoms with Crippen LogP contribution >= 0.6 is 11.6 Å². The van der Waals surface area contributed by atoms with Crippen LogP contribution in [0.15, 0.2) is 54.9 Å². The Balaban J connectivity index is 1.42. The number of benzene rings is 1. The first kappa shape index (κ1) is 20.7. The van der Waals surface area contributed by atoms with Crippen molar-refractivity contribution in [1.29, 1.82) is 0 Å². The van der Waals surface area contributed by atoms with Gasteiger partial charge in [-0.05, 0) is 23.8 Å². The molecule has 4 rings (SSSR count). The molecule has 0 radical (unpaired) electrons. The van der Waals surface area contributed by atoms with Crippen LogP contribution in [-0.4, -0.2) is 53.6 Å². The third kappa shape index (κ3) is 5.14. The van der Waals surface area contributed by atoms with E-state index in [-0.39, 0.29) is 6.10 Å². The number of ether oxygens (including phenoxy) is 1. The number of morpholine rings is 1. The minimum Gasteiger partial charge on any atom is -0.369 e. The molecule has 0 saturated carbocycles. The van der Waals surface area contributed by atoms with Crippen molar-refractivity contribution < 1.29 is 4.74 Å². The molecule has 156 valence electrons. The van der Waals surface area contributed by atoms with Crippen LogP contribution < -0.4 is 4.90 Å². The van der Waals surface area contributed by atoms with E-state index in [1.165, 1.54) is 0 Å². The van der Waals surface area contributed by atoms with Crippen molar-refractivity contribution in [2.75, 3.05) is 38.7 Å². The minimum absolute atomic E-state index is 0.0492. The molecule has 0 amide bonds. The van der Waals surface area contributed by atoms with E-state index in [4.69, 9.17) is 21.3 Å². The summed E-state index contributed by atoms with van der Waals surface area (Å²) in [5.41, 5.74) is 4.13. The molecule has 0 N–H and O–H groups in total. The summed E-state index contributed by atoms with van der Waals surface area (Å²) in [6, 6.07) is 14.0. The molecule has 0 bridgehead atoms. The van der Waals surface area contributed by atoms with Gasteiger partial charge in [0.1, 0.15) is 6.10 Å². The number of hydrogen-bond acceptors (Lipinski definition) is 6. The summed E-state index contributed by atoms with van der Waals surface area (Å²) in [5.74, 6) is 0.720. The first-order valence-electron chi connectivity index (χ1n) is 10.1. The van der Waals surface area contributed by atoms with Crippen LogP contribution in [-0.2, 0) is 17.7 Å². The Morgan fingerprint density at radius 3 is 2.67 bits per heavy atom. The number of hydrogen-bond donors (Lipinski definition) is 0. The van der Waals surface area contributed by atoms with Crippen LogP contribution in [0.1, 0.15) is 28.6 Å². The molecule has 1 atom stereocenters. The Hall–Kier alpha value is -2.54. The summed E-state index contributed by atoms with van der Waals surface area (Å²) in [6.07, 6.45) is 4.45. The Morgan fingerprint density at radius 1 is 1.10 bits per heavy atom. The summed E-state index contributed by atoms with van der Waals surface area (Å²) < 4.78 is 6.04. The highest BCUT2D eigenvalue weighted by Crippen LogP contribution is 2.24. The van der Waals surface area contributed by atoms with Crippen molar-refractivity contribution >= 4 is 17.5 Å². The van der Waals surface area contributed by atoms with E-state index < -0.39 is 0 Å². The average molecular weight is 424 g/mol. The highest BCUT2D eigenvalue weighted by molar-refractivity contribution is 6.31. The zero-order valence-corrected chi connectivity index (χ0v) is 18.1. The molecule has 3 aromatic rings. The zero-order chi connectivity index (χ0) is 20.9. The number of rotatable bonds is 6. The fourth-order valence-electron chi connectivity index (χ4n) is 3.56. The van der Waals surface area contributed by atoms with Crippen LogP contribution in [0.3, 0.4) is 0 Å². The largest absolute Gasteiger partial charge is 0.369 e. The van der Waals surface area contributed by atoms with Gasteiger partial charge in [-0.25, -0.2) is 9.97 Å². The van der Waals surface area contributed by atoms with Gasteiger partial charge < -0.3 is 9.64 Å². The van der Waals surface area contributed by atoms with Crippen LogP contribution in [0.5, 0.6) is 0 Å². The summed E-state index contributed by atoms with van der Waals surface area (Å²) in [5, 5.41) is 0.771. The Bertz CT molecular complexity index is 979. The van der Waals surface area contributed by atoms with Gasteiger partial charge in [-0.1, -0.05) is 35.9 Å². The van der Waals surface area contributed by atoms with Crippen LogP contribution in [0, 0.1) is 0 Å². The lowest BCUT2D eigenvalue weighted by Crippen LogP contribution is -2.38. The monoisotopic (exact) mass is 423 g/mol. The van der Waals surface area contributed by atoms with E-state index in [1.54, 1.807) is 0 Å². The smallest absolute Gasteiger partial charge is 0.224 e. The molecule has 1 aliphatic rings. The summed E-state index contributed by atoms with van der Waals surface area (Å²) in [6.45, 7) is 3.15. The molecule has 0 aliphatic carbocycles.